The number of aromatic carboxylic acids is 1. The van der Waals surface area contributed by atoms with E-state index in [0.29, 0.717) is 4.47 Å². The molecule has 0 atom stereocenters. The molecule has 1 rings (SSSR count). The fourth-order valence-electron chi connectivity index (χ4n) is 1.24. The number of carboxylic acid groups (broad SMARTS) is 1. The third kappa shape index (κ3) is 3.46. The number of carboxylic acids is 1. The van der Waals surface area contributed by atoms with Crippen molar-refractivity contribution >= 4 is 33.6 Å². The minimum absolute atomic E-state index is 0.0328. The van der Waals surface area contributed by atoms with E-state index in [1.165, 1.54) is 11.0 Å². The maximum absolute atomic E-state index is 11.8. The van der Waals surface area contributed by atoms with Gasteiger partial charge in [-0.1, -0.05) is 15.9 Å². The minimum atomic E-state index is -1.08. The van der Waals surface area contributed by atoms with Gasteiger partial charge < -0.3 is 15.3 Å². The Hall–Kier alpha value is -1.56. The third-order valence-corrected chi connectivity index (χ3v) is 3.04. The maximum atomic E-state index is 11.8. The summed E-state index contributed by atoms with van der Waals surface area (Å²) in [7, 11) is 1.65. The molecule has 0 saturated heterocycles. The van der Waals surface area contributed by atoms with Crippen LogP contribution in [0.5, 0.6) is 0 Å². The predicted octanol–water partition coefficient (Wildman–Crippen LogP) is 3.02. The largest absolute Gasteiger partial charge is 0.478 e. The van der Waals surface area contributed by atoms with E-state index in [2.05, 4.69) is 21.2 Å². The van der Waals surface area contributed by atoms with Crippen LogP contribution in [0.3, 0.4) is 0 Å². The molecule has 0 aliphatic carbocycles. The van der Waals surface area contributed by atoms with Crippen LogP contribution in [0.25, 0.3) is 0 Å². The number of hydrogen-bond acceptors (Lipinski definition) is 2. The third-order valence-electron chi connectivity index (χ3n) is 2.55. The van der Waals surface area contributed by atoms with Crippen LogP contribution in [0.2, 0.25) is 0 Å². The Bertz CT molecular complexity index is 474. The van der Waals surface area contributed by atoms with Crippen LogP contribution in [-0.4, -0.2) is 35.1 Å². The van der Waals surface area contributed by atoms with Gasteiger partial charge in [-0.15, -0.1) is 0 Å². The summed E-state index contributed by atoms with van der Waals surface area (Å²) in [6.07, 6.45) is 0. The monoisotopic (exact) mass is 314 g/mol. The number of carbonyl (C=O) groups is 2. The molecule has 0 fully saturated rings. The normalized spacial score (nSPS) is 10.3. The van der Waals surface area contributed by atoms with Crippen molar-refractivity contribution in [3.05, 3.63) is 28.2 Å². The number of nitrogens with zero attached hydrogens (tertiary/aromatic N) is 1. The van der Waals surface area contributed by atoms with Crippen molar-refractivity contribution in [1.82, 2.24) is 4.90 Å². The Labute approximate surface area is 114 Å². The van der Waals surface area contributed by atoms with Gasteiger partial charge in [0.05, 0.1) is 11.3 Å². The van der Waals surface area contributed by atoms with Gasteiger partial charge in [-0.3, -0.25) is 0 Å². The number of nitrogens with one attached hydrogen (secondary N) is 1. The van der Waals surface area contributed by atoms with E-state index in [4.69, 9.17) is 5.11 Å². The number of benzene rings is 1. The van der Waals surface area contributed by atoms with E-state index in [9.17, 15) is 9.59 Å². The van der Waals surface area contributed by atoms with Gasteiger partial charge in [0.25, 0.3) is 0 Å². The summed E-state index contributed by atoms with van der Waals surface area (Å²) in [6, 6.07) is 4.31. The molecule has 2 N–H and O–H groups in total. The molecule has 5 nitrogen and oxygen atoms in total. The smallest absolute Gasteiger partial charge is 0.337 e. The van der Waals surface area contributed by atoms with Crippen molar-refractivity contribution in [3.8, 4) is 0 Å². The molecule has 1 aromatic rings. The summed E-state index contributed by atoms with van der Waals surface area (Å²) in [5.41, 5.74) is 0.332. The zero-order valence-electron chi connectivity index (χ0n) is 10.4. The van der Waals surface area contributed by atoms with E-state index in [1.54, 1.807) is 19.2 Å². The SMILES string of the molecule is CC(C)N(C)C(=O)Nc1cc(Br)ccc1C(=O)O. The molecule has 0 aromatic heterocycles. The van der Waals surface area contributed by atoms with E-state index in [-0.39, 0.29) is 23.3 Å². The van der Waals surface area contributed by atoms with Crippen molar-refractivity contribution in [3.63, 3.8) is 0 Å². The summed E-state index contributed by atoms with van der Waals surface area (Å²) < 4.78 is 0.704. The number of anilines is 1. The van der Waals surface area contributed by atoms with Gasteiger partial charge in [-0.05, 0) is 32.0 Å². The molecule has 0 spiro atoms. The van der Waals surface area contributed by atoms with Crippen LogP contribution < -0.4 is 5.32 Å². The summed E-state index contributed by atoms with van der Waals surface area (Å²) >= 11 is 3.24. The number of rotatable bonds is 3. The zero-order valence-corrected chi connectivity index (χ0v) is 12.0. The predicted molar refractivity (Wildman–Crippen MR) is 73.0 cm³/mol. The molecule has 1 aromatic carbocycles. The Kier molecular flexibility index (Phi) is 4.72. The number of halogens is 1. The van der Waals surface area contributed by atoms with Crippen LogP contribution in [0.15, 0.2) is 22.7 Å². The Morgan fingerprint density at radius 3 is 2.50 bits per heavy atom. The lowest BCUT2D eigenvalue weighted by atomic mass is 10.2. The second-order valence-corrected chi connectivity index (χ2v) is 5.05. The van der Waals surface area contributed by atoms with Gasteiger partial charge in [0, 0.05) is 17.6 Å². The van der Waals surface area contributed by atoms with Crippen LogP contribution in [0.1, 0.15) is 24.2 Å². The van der Waals surface area contributed by atoms with Crippen molar-refractivity contribution in [2.24, 2.45) is 0 Å². The molecule has 0 saturated carbocycles. The van der Waals surface area contributed by atoms with Gasteiger partial charge in [0.2, 0.25) is 0 Å². The first-order valence-electron chi connectivity index (χ1n) is 5.39. The second-order valence-electron chi connectivity index (χ2n) is 4.13. The summed E-state index contributed by atoms with van der Waals surface area (Å²) in [6.45, 7) is 3.75. The first-order chi connectivity index (χ1) is 8.32. The summed E-state index contributed by atoms with van der Waals surface area (Å²) in [5.74, 6) is -1.08. The maximum Gasteiger partial charge on any atom is 0.337 e. The lowest BCUT2D eigenvalue weighted by Gasteiger charge is -2.22. The van der Waals surface area contributed by atoms with Crippen LogP contribution in [0, 0.1) is 0 Å². The highest BCUT2D eigenvalue weighted by atomic mass is 79.9. The highest BCUT2D eigenvalue weighted by molar-refractivity contribution is 9.10. The van der Waals surface area contributed by atoms with Crippen molar-refractivity contribution < 1.29 is 14.7 Å². The van der Waals surface area contributed by atoms with E-state index >= 15 is 0 Å². The summed E-state index contributed by atoms with van der Waals surface area (Å²) in [5, 5.41) is 11.6. The van der Waals surface area contributed by atoms with Crippen molar-refractivity contribution in [2.45, 2.75) is 19.9 Å². The minimum Gasteiger partial charge on any atom is -0.478 e. The molecule has 18 heavy (non-hydrogen) atoms. The average Bonchev–Trinajstić information content (AvgIpc) is 2.27. The topological polar surface area (TPSA) is 69.6 Å². The molecule has 6 heteroatoms. The first kappa shape index (κ1) is 14.5. The van der Waals surface area contributed by atoms with Gasteiger partial charge in [-0.2, -0.15) is 0 Å². The number of urea groups is 1. The van der Waals surface area contributed by atoms with Crippen molar-refractivity contribution in [1.29, 1.82) is 0 Å². The Morgan fingerprint density at radius 2 is 2.00 bits per heavy atom. The van der Waals surface area contributed by atoms with Gasteiger partial charge in [0.15, 0.2) is 0 Å². The Balaban J connectivity index is 2.99. The van der Waals surface area contributed by atoms with E-state index in [0.717, 1.165) is 0 Å². The molecule has 0 radical (unpaired) electrons. The Morgan fingerprint density at radius 1 is 1.39 bits per heavy atom. The molecule has 0 aliphatic heterocycles. The molecule has 0 aliphatic rings. The molecule has 0 unspecified atom stereocenters. The van der Waals surface area contributed by atoms with Crippen LogP contribution in [0.4, 0.5) is 10.5 Å². The molecule has 0 heterocycles. The molecule has 2 amide bonds. The van der Waals surface area contributed by atoms with Crippen LogP contribution >= 0.6 is 15.9 Å². The summed E-state index contributed by atoms with van der Waals surface area (Å²) in [4.78, 5) is 24.4. The van der Waals surface area contributed by atoms with E-state index < -0.39 is 5.97 Å². The quantitative estimate of drug-likeness (QED) is 0.901. The van der Waals surface area contributed by atoms with Gasteiger partial charge >= 0.3 is 12.0 Å². The lowest BCUT2D eigenvalue weighted by Crippen LogP contribution is -2.36. The molecule has 98 valence electrons. The number of hydrogen-bond donors (Lipinski definition) is 2. The highest BCUT2D eigenvalue weighted by Gasteiger charge is 2.16. The lowest BCUT2D eigenvalue weighted by molar-refractivity contribution is 0.0698. The fourth-order valence-corrected chi connectivity index (χ4v) is 1.61. The zero-order chi connectivity index (χ0) is 13.9. The molecular formula is C12H15BrN2O3. The van der Waals surface area contributed by atoms with Gasteiger partial charge in [0.1, 0.15) is 0 Å². The average molecular weight is 315 g/mol. The fraction of sp³-hybridized carbons (Fsp3) is 0.333. The molecular weight excluding hydrogens is 300 g/mol. The standard InChI is InChI=1S/C12H15BrN2O3/c1-7(2)15(3)12(18)14-10-6-8(13)4-5-9(10)11(16)17/h4-7H,1-3H3,(H,14,18)(H,16,17). The number of carbonyl (C=O) groups excluding carboxylic acids is 1. The van der Waals surface area contributed by atoms with Crippen LogP contribution in [-0.2, 0) is 0 Å². The van der Waals surface area contributed by atoms with Crippen molar-refractivity contribution in [2.75, 3.05) is 12.4 Å². The number of amides is 2. The van der Waals surface area contributed by atoms with E-state index in [1.807, 2.05) is 13.8 Å². The first-order valence-corrected chi connectivity index (χ1v) is 6.19. The van der Waals surface area contributed by atoms with Gasteiger partial charge in [-0.25, -0.2) is 9.59 Å². The second kappa shape index (κ2) is 5.86. The highest BCUT2D eigenvalue weighted by Crippen LogP contribution is 2.22. The molecule has 0 bridgehead atoms.